The number of aliphatic imine (C=N–C) groups is 1. The van der Waals surface area contributed by atoms with Gasteiger partial charge in [0.05, 0.1) is 28.1 Å². The molecule has 1 atom stereocenters. The van der Waals surface area contributed by atoms with E-state index in [2.05, 4.69) is 20.3 Å². The van der Waals surface area contributed by atoms with E-state index in [9.17, 15) is 4.79 Å². The van der Waals surface area contributed by atoms with E-state index < -0.39 is 11.7 Å². The number of carbonyl (C=O) groups is 1. The number of benzene rings is 1. The topological polar surface area (TPSA) is 101 Å². The predicted molar refractivity (Wildman–Crippen MR) is 128 cm³/mol. The molecule has 168 valence electrons. The van der Waals surface area contributed by atoms with Gasteiger partial charge in [-0.15, -0.1) is 0 Å². The Morgan fingerprint density at radius 3 is 2.09 bits per heavy atom. The molecule has 0 aliphatic carbocycles. The van der Waals surface area contributed by atoms with Crippen molar-refractivity contribution in [3.05, 3.63) is 115 Å². The van der Waals surface area contributed by atoms with Crippen LogP contribution in [0.3, 0.4) is 0 Å². The number of pyridine rings is 3. The number of carbonyl (C=O) groups excluding carboxylic acids is 1. The van der Waals surface area contributed by atoms with Gasteiger partial charge in [-0.25, -0.2) is 4.98 Å². The number of imidazole rings is 1. The Bertz CT molecular complexity index is 1560. The molecule has 2 aliphatic rings. The quantitative estimate of drug-likeness (QED) is 0.446. The second-order valence-corrected chi connectivity index (χ2v) is 8.31. The first-order valence-electron chi connectivity index (χ1n) is 11.2. The summed E-state index contributed by atoms with van der Waals surface area (Å²) in [6.07, 6.45) is 4.46. The van der Waals surface area contributed by atoms with Crippen LogP contribution in [-0.4, -0.2) is 41.3 Å². The average molecular weight is 458 g/mol. The summed E-state index contributed by atoms with van der Waals surface area (Å²) in [5, 5.41) is 3.39. The maximum Gasteiger partial charge on any atom is 0.269 e. The summed E-state index contributed by atoms with van der Waals surface area (Å²) in [5.41, 5.74) is 2.06. The molecule has 0 bridgehead atoms. The Labute approximate surface area is 199 Å². The zero-order valence-electron chi connectivity index (χ0n) is 18.4. The first-order chi connectivity index (χ1) is 17.3. The van der Waals surface area contributed by atoms with Crippen molar-refractivity contribution < 1.29 is 4.79 Å². The maximum absolute atomic E-state index is 14.6. The van der Waals surface area contributed by atoms with Gasteiger partial charge in [0, 0.05) is 18.6 Å². The standard InChI is InChI=1S/C26H18N8O/c35-23-26(20-12-4-7-15-28-20,21-13-5-8-16-29-21)32-25-31-24-30-17-9-1-2-11-19(17)33(24)22(34(23)25)18-10-3-6-14-27-18/h1-16,22H,(H,30,31,32)/t22-/m1/s1. The Morgan fingerprint density at radius 1 is 0.771 bits per heavy atom. The molecule has 35 heavy (non-hydrogen) atoms. The van der Waals surface area contributed by atoms with E-state index in [1.807, 2.05) is 83.4 Å². The lowest BCUT2D eigenvalue weighted by Crippen LogP contribution is -2.47. The third kappa shape index (κ3) is 2.69. The van der Waals surface area contributed by atoms with Crippen molar-refractivity contribution in [2.75, 3.05) is 0 Å². The number of hydrogen-bond acceptors (Lipinski definition) is 7. The van der Waals surface area contributed by atoms with Gasteiger partial charge in [-0.2, -0.15) is 4.99 Å². The van der Waals surface area contributed by atoms with E-state index in [4.69, 9.17) is 9.98 Å². The van der Waals surface area contributed by atoms with E-state index in [0.29, 0.717) is 29.0 Å². The van der Waals surface area contributed by atoms with Crippen LogP contribution in [0.25, 0.3) is 11.0 Å². The van der Waals surface area contributed by atoms with Gasteiger partial charge in [0.2, 0.25) is 17.4 Å². The van der Waals surface area contributed by atoms with Crippen LogP contribution >= 0.6 is 0 Å². The molecule has 1 fully saturated rings. The van der Waals surface area contributed by atoms with E-state index in [1.165, 1.54) is 0 Å². The van der Waals surface area contributed by atoms with Crippen LogP contribution in [0.2, 0.25) is 0 Å². The summed E-state index contributed by atoms with van der Waals surface area (Å²) < 4.78 is 1.95. The van der Waals surface area contributed by atoms with E-state index in [0.717, 1.165) is 11.0 Å². The number of nitrogens with one attached hydrogen (secondary N) is 1. The highest BCUT2D eigenvalue weighted by atomic mass is 16.2. The van der Waals surface area contributed by atoms with Gasteiger partial charge in [0.15, 0.2) is 6.17 Å². The Balaban J connectivity index is 1.51. The Hall–Kier alpha value is -4.92. The van der Waals surface area contributed by atoms with Crippen molar-refractivity contribution >= 4 is 28.8 Å². The molecule has 4 aromatic heterocycles. The predicted octanol–water partition coefficient (Wildman–Crippen LogP) is 3.14. The number of nitrogens with zero attached hydrogens (tertiary/aromatic N) is 7. The molecule has 1 saturated heterocycles. The molecular weight excluding hydrogens is 440 g/mol. The van der Waals surface area contributed by atoms with Crippen molar-refractivity contribution in [2.45, 2.75) is 11.7 Å². The monoisotopic (exact) mass is 458 g/mol. The molecule has 1 aromatic carbocycles. The molecular formula is C26H18N8O. The van der Waals surface area contributed by atoms with Crippen molar-refractivity contribution in [1.82, 2.24) is 34.7 Å². The summed E-state index contributed by atoms with van der Waals surface area (Å²) in [6.45, 7) is 0. The largest absolute Gasteiger partial charge is 0.331 e. The minimum Gasteiger partial charge on any atom is -0.331 e. The summed E-state index contributed by atoms with van der Waals surface area (Å²) in [4.78, 5) is 39.5. The normalized spacial score (nSPS) is 18.1. The highest BCUT2D eigenvalue weighted by molar-refractivity contribution is 6.12. The molecule has 7 rings (SSSR count). The van der Waals surface area contributed by atoms with E-state index in [-0.39, 0.29) is 5.91 Å². The van der Waals surface area contributed by atoms with Gasteiger partial charge in [-0.1, -0.05) is 30.3 Å². The van der Waals surface area contributed by atoms with Gasteiger partial charge in [0.25, 0.3) is 5.91 Å². The van der Waals surface area contributed by atoms with Gasteiger partial charge in [0.1, 0.15) is 0 Å². The van der Waals surface area contributed by atoms with Crippen LogP contribution < -0.4 is 5.32 Å². The molecule has 9 heteroatoms. The Kier molecular flexibility index (Phi) is 4.07. The number of para-hydroxylation sites is 2. The SMILES string of the molecule is O=C1N2C(=Nc3nc4ccccc4n3[C@H]2c2ccccn2)NC1(c1ccccn1)c1ccccn1. The van der Waals surface area contributed by atoms with Gasteiger partial charge in [-0.05, 0) is 48.5 Å². The number of rotatable bonds is 3. The lowest BCUT2D eigenvalue weighted by molar-refractivity contribution is -0.132. The van der Waals surface area contributed by atoms with E-state index in [1.54, 1.807) is 23.5 Å². The number of guanidine groups is 1. The molecule has 1 amide bonds. The summed E-state index contributed by atoms with van der Waals surface area (Å²) in [6, 6.07) is 24.4. The minimum absolute atomic E-state index is 0.243. The van der Waals surface area contributed by atoms with Crippen LogP contribution in [0, 0.1) is 0 Å². The number of fused-ring (bicyclic) bond motifs is 4. The van der Waals surface area contributed by atoms with Crippen molar-refractivity contribution in [2.24, 2.45) is 4.99 Å². The first kappa shape index (κ1) is 19.5. The van der Waals surface area contributed by atoms with E-state index >= 15 is 0 Å². The van der Waals surface area contributed by atoms with Crippen molar-refractivity contribution in [3.8, 4) is 0 Å². The fourth-order valence-corrected chi connectivity index (χ4v) is 4.87. The highest BCUT2D eigenvalue weighted by Gasteiger charge is 2.58. The maximum atomic E-state index is 14.6. The average Bonchev–Trinajstić information content (AvgIpc) is 3.44. The summed E-state index contributed by atoms with van der Waals surface area (Å²) >= 11 is 0. The molecule has 9 nitrogen and oxygen atoms in total. The van der Waals surface area contributed by atoms with Crippen LogP contribution in [0.1, 0.15) is 23.2 Å². The summed E-state index contributed by atoms with van der Waals surface area (Å²) in [5.74, 6) is 0.628. The summed E-state index contributed by atoms with van der Waals surface area (Å²) in [7, 11) is 0. The zero-order valence-corrected chi connectivity index (χ0v) is 18.4. The molecule has 0 spiro atoms. The van der Waals surface area contributed by atoms with Crippen LogP contribution in [0.5, 0.6) is 0 Å². The fraction of sp³-hybridized carbons (Fsp3) is 0.0769. The smallest absolute Gasteiger partial charge is 0.269 e. The second-order valence-electron chi connectivity index (χ2n) is 8.31. The Morgan fingerprint density at radius 2 is 1.43 bits per heavy atom. The lowest BCUT2D eigenvalue weighted by atomic mass is 9.89. The number of amides is 1. The highest BCUT2D eigenvalue weighted by Crippen LogP contribution is 2.43. The number of hydrogen-bond donors (Lipinski definition) is 1. The molecule has 5 aromatic rings. The van der Waals surface area contributed by atoms with Gasteiger partial charge >= 0.3 is 0 Å². The molecule has 6 heterocycles. The molecule has 0 saturated carbocycles. The van der Waals surface area contributed by atoms with Gasteiger partial charge < -0.3 is 5.32 Å². The molecule has 2 aliphatic heterocycles. The van der Waals surface area contributed by atoms with Crippen LogP contribution in [-0.2, 0) is 10.3 Å². The van der Waals surface area contributed by atoms with Crippen molar-refractivity contribution in [1.29, 1.82) is 0 Å². The van der Waals surface area contributed by atoms with Crippen LogP contribution in [0.15, 0.2) is 102 Å². The molecule has 0 radical (unpaired) electrons. The minimum atomic E-state index is -1.35. The molecule has 0 unspecified atom stereocenters. The molecule has 1 N–H and O–H groups in total. The number of aromatic nitrogens is 5. The first-order valence-corrected chi connectivity index (χ1v) is 11.2. The third-order valence-corrected chi connectivity index (χ3v) is 6.39. The lowest BCUT2D eigenvalue weighted by Gasteiger charge is -2.32. The van der Waals surface area contributed by atoms with Crippen LogP contribution in [0.4, 0.5) is 5.95 Å². The van der Waals surface area contributed by atoms with Gasteiger partial charge in [-0.3, -0.25) is 29.2 Å². The third-order valence-electron chi connectivity index (χ3n) is 6.39. The second kappa shape index (κ2) is 7.29. The zero-order chi connectivity index (χ0) is 23.4. The fourth-order valence-electron chi connectivity index (χ4n) is 4.87. The van der Waals surface area contributed by atoms with Crippen molar-refractivity contribution in [3.63, 3.8) is 0 Å².